The van der Waals surface area contributed by atoms with Crippen molar-refractivity contribution in [1.82, 2.24) is 4.90 Å². The monoisotopic (exact) mass is 248 g/mol. The molecule has 1 unspecified atom stereocenters. The van der Waals surface area contributed by atoms with Crippen molar-refractivity contribution in [3.8, 4) is 0 Å². The molecule has 96 valence electrons. The van der Waals surface area contributed by atoms with Crippen molar-refractivity contribution >= 4 is 11.9 Å². The minimum absolute atomic E-state index is 0.302. The summed E-state index contributed by atoms with van der Waals surface area (Å²) in [6.07, 6.45) is 0.456. The van der Waals surface area contributed by atoms with E-state index in [1.807, 2.05) is 24.3 Å². The van der Waals surface area contributed by atoms with Crippen LogP contribution in [0.2, 0.25) is 0 Å². The zero-order valence-corrected chi connectivity index (χ0v) is 10.2. The number of hydrogen-bond acceptors (Lipinski definition) is 3. The molecule has 5 nitrogen and oxygen atoms in total. The minimum atomic E-state index is -1.02. The van der Waals surface area contributed by atoms with Gasteiger partial charge in [-0.25, -0.2) is 4.79 Å². The maximum absolute atomic E-state index is 12.1. The summed E-state index contributed by atoms with van der Waals surface area (Å²) in [5, 5.41) is 9.04. The number of carboxylic acid groups (broad SMARTS) is 1. The number of aliphatic carboxylic acids is 1. The molecule has 0 bridgehead atoms. The molecule has 0 fully saturated rings. The molecule has 0 saturated heterocycles. The Labute approximate surface area is 105 Å². The second-order valence-electron chi connectivity index (χ2n) is 4.56. The molecular formula is C13H16N2O3. The number of carboxylic acids is 1. The largest absolute Gasteiger partial charge is 0.480 e. The van der Waals surface area contributed by atoms with Gasteiger partial charge in [-0.15, -0.1) is 0 Å². The third-order valence-corrected chi connectivity index (χ3v) is 3.32. The number of carbonyl (C=O) groups excluding carboxylic acids is 1. The lowest BCUT2D eigenvalue weighted by Gasteiger charge is -2.26. The Kier molecular flexibility index (Phi) is 3.34. The summed E-state index contributed by atoms with van der Waals surface area (Å²) in [5.41, 5.74) is 7.81. The van der Waals surface area contributed by atoms with Crippen LogP contribution in [0.1, 0.15) is 18.1 Å². The van der Waals surface area contributed by atoms with Crippen LogP contribution in [0.4, 0.5) is 0 Å². The van der Waals surface area contributed by atoms with Crippen molar-refractivity contribution in [3.05, 3.63) is 35.4 Å². The van der Waals surface area contributed by atoms with E-state index in [4.69, 9.17) is 10.8 Å². The lowest BCUT2D eigenvalue weighted by molar-refractivity contribution is -0.150. The van der Waals surface area contributed by atoms with Crippen LogP contribution in [0.25, 0.3) is 0 Å². The molecule has 1 aliphatic heterocycles. The smallest absolute Gasteiger partial charge is 0.326 e. The van der Waals surface area contributed by atoms with E-state index in [0.29, 0.717) is 13.0 Å². The molecule has 1 heterocycles. The van der Waals surface area contributed by atoms with E-state index in [1.54, 1.807) is 0 Å². The van der Waals surface area contributed by atoms with Gasteiger partial charge in [0.05, 0.1) is 6.04 Å². The first kappa shape index (κ1) is 12.6. The Morgan fingerprint density at radius 2 is 2.06 bits per heavy atom. The van der Waals surface area contributed by atoms with Crippen LogP contribution >= 0.6 is 0 Å². The van der Waals surface area contributed by atoms with Crippen LogP contribution in [-0.2, 0) is 22.6 Å². The van der Waals surface area contributed by atoms with Crippen LogP contribution in [0.5, 0.6) is 0 Å². The highest BCUT2D eigenvalue weighted by Crippen LogP contribution is 2.20. The van der Waals surface area contributed by atoms with Gasteiger partial charge in [-0.1, -0.05) is 24.3 Å². The Morgan fingerprint density at radius 1 is 1.44 bits per heavy atom. The summed E-state index contributed by atoms with van der Waals surface area (Å²) in [5.74, 6) is -1.32. The van der Waals surface area contributed by atoms with Crippen molar-refractivity contribution in [2.24, 2.45) is 5.73 Å². The van der Waals surface area contributed by atoms with Crippen molar-refractivity contribution in [3.63, 3.8) is 0 Å². The molecular weight excluding hydrogens is 232 g/mol. The lowest BCUT2D eigenvalue weighted by atomic mass is 10.0. The maximum Gasteiger partial charge on any atom is 0.326 e. The number of amides is 1. The molecule has 0 aromatic heterocycles. The third-order valence-electron chi connectivity index (χ3n) is 3.32. The molecule has 0 spiro atoms. The Morgan fingerprint density at radius 3 is 2.67 bits per heavy atom. The van der Waals surface area contributed by atoms with Gasteiger partial charge in [-0.2, -0.15) is 0 Å². The van der Waals surface area contributed by atoms with Gasteiger partial charge in [-0.05, 0) is 24.5 Å². The first-order chi connectivity index (χ1) is 8.50. The molecule has 0 radical (unpaired) electrons. The fraction of sp³-hybridized carbons (Fsp3) is 0.385. The Hall–Kier alpha value is -1.88. The quantitative estimate of drug-likeness (QED) is 0.792. The molecule has 0 saturated carbocycles. The molecule has 1 aromatic rings. The number of hydrogen-bond donors (Lipinski definition) is 2. The average Bonchev–Trinajstić information content (AvgIpc) is 2.47. The van der Waals surface area contributed by atoms with E-state index in [2.05, 4.69) is 0 Å². The molecule has 2 atom stereocenters. The second-order valence-corrected chi connectivity index (χ2v) is 4.56. The predicted octanol–water partition coefficient (Wildman–Crippen LogP) is 0.372. The van der Waals surface area contributed by atoms with Crippen LogP contribution < -0.4 is 5.73 Å². The van der Waals surface area contributed by atoms with E-state index in [1.165, 1.54) is 11.8 Å². The van der Waals surface area contributed by atoms with Gasteiger partial charge in [-0.3, -0.25) is 4.79 Å². The van der Waals surface area contributed by atoms with E-state index in [0.717, 1.165) is 11.1 Å². The van der Waals surface area contributed by atoms with Gasteiger partial charge < -0.3 is 15.7 Å². The molecule has 2 rings (SSSR count). The highest BCUT2D eigenvalue weighted by atomic mass is 16.4. The number of nitrogens with zero attached hydrogens (tertiary/aromatic N) is 1. The zero-order valence-electron chi connectivity index (χ0n) is 10.2. The Balaban J connectivity index is 2.37. The van der Waals surface area contributed by atoms with Crippen molar-refractivity contribution in [2.75, 3.05) is 0 Å². The van der Waals surface area contributed by atoms with Crippen LogP contribution in [0.3, 0.4) is 0 Å². The van der Waals surface area contributed by atoms with Gasteiger partial charge in [0.2, 0.25) is 5.91 Å². The van der Waals surface area contributed by atoms with Gasteiger partial charge in [0.25, 0.3) is 0 Å². The SMILES string of the molecule is CC(C(=O)O)N1Cc2ccccc2C[C@H](N)C1=O. The Bertz CT molecular complexity index is 487. The number of fused-ring (bicyclic) bond motifs is 1. The number of carbonyl (C=O) groups is 2. The van der Waals surface area contributed by atoms with Crippen molar-refractivity contribution in [2.45, 2.75) is 32.0 Å². The normalized spacial score (nSPS) is 21.1. The third kappa shape index (κ3) is 2.22. The summed E-state index contributed by atoms with van der Waals surface area (Å²) < 4.78 is 0. The summed E-state index contributed by atoms with van der Waals surface area (Å²) in [6, 6.07) is 6.07. The molecule has 1 amide bonds. The highest BCUT2D eigenvalue weighted by Gasteiger charge is 2.32. The average molecular weight is 248 g/mol. The first-order valence-electron chi connectivity index (χ1n) is 5.86. The highest BCUT2D eigenvalue weighted by molar-refractivity contribution is 5.87. The van der Waals surface area contributed by atoms with Gasteiger partial charge >= 0.3 is 5.97 Å². The fourth-order valence-electron chi connectivity index (χ4n) is 2.17. The predicted molar refractivity (Wildman–Crippen MR) is 65.8 cm³/mol. The van der Waals surface area contributed by atoms with Gasteiger partial charge in [0.1, 0.15) is 6.04 Å². The minimum Gasteiger partial charge on any atom is -0.480 e. The zero-order chi connectivity index (χ0) is 13.3. The fourth-order valence-corrected chi connectivity index (χ4v) is 2.17. The van der Waals surface area contributed by atoms with E-state index < -0.39 is 18.1 Å². The van der Waals surface area contributed by atoms with E-state index >= 15 is 0 Å². The topological polar surface area (TPSA) is 83.6 Å². The molecule has 1 aromatic carbocycles. The van der Waals surface area contributed by atoms with Crippen LogP contribution in [0, 0.1) is 0 Å². The number of rotatable bonds is 2. The van der Waals surface area contributed by atoms with Gasteiger partial charge in [0, 0.05) is 6.54 Å². The summed E-state index contributed by atoms with van der Waals surface area (Å²) in [7, 11) is 0. The first-order valence-corrected chi connectivity index (χ1v) is 5.86. The van der Waals surface area contributed by atoms with E-state index in [-0.39, 0.29) is 5.91 Å². The summed E-state index contributed by atoms with van der Waals surface area (Å²) in [6.45, 7) is 1.80. The maximum atomic E-state index is 12.1. The molecule has 18 heavy (non-hydrogen) atoms. The van der Waals surface area contributed by atoms with Crippen LogP contribution in [-0.4, -0.2) is 34.0 Å². The molecule has 5 heteroatoms. The van der Waals surface area contributed by atoms with Crippen molar-refractivity contribution in [1.29, 1.82) is 0 Å². The van der Waals surface area contributed by atoms with E-state index in [9.17, 15) is 9.59 Å². The standard InChI is InChI=1S/C13H16N2O3/c1-8(13(17)18)15-7-10-5-3-2-4-9(10)6-11(14)12(15)16/h2-5,8,11H,6-7,14H2,1H3,(H,17,18)/t8?,11-/m0/s1. The molecule has 0 aliphatic carbocycles. The number of benzene rings is 1. The summed E-state index contributed by atoms with van der Waals surface area (Å²) >= 11 is 0. The molecule has 3 N–H and O–H groups in total. The van der Waals surface area contributed by atoms with Crippen molar-refractivity contribution < 1.29 is 14.7 Å². The second kappa shape index (κ2) is 4.78. The summed E-state index contributed by atoms with van der Waals surface area (Å²) in [4.78, 5) is 24.5. The van der Waals surface area contributed by atoms with Crippen LogP contribution in [0.15, 0.2) is 24.3 Å². The number of nitrogens with two attached hydrogens (primary N) is 1. The lowest BCUT2D eigenvalue weighted by Crippen LogP contribution is -2.49. The molecule has 1 aliphatic rings. The van der Waals surface area contributed by atoms with Gasteiger partial charge in [0.15, 0.2) is 0 Å².